The van der Waals surface area contributed by atoms with E-state index in [0.717, 1.165) is 35.7 Å². The summed E-state index contributed by atoms with van der Waals surface area (Å²) in [6.07, 6.45) is 3.27. The van der Waals surface area contributed by atoms with Crippen molar-refractivity contribution in [1.29, 1.82) is 0 Å². The van der Waals surface area contributed by atoms with Crippen LogP contribution in [0.3, 0.4) is 0 Å². The van der Waals surface area contributed by atoms with E-state index in [4.69, 9.17) is 14.2 Å². The highest BCUT2D eigenvalue weighted by atomic mass is 127. The highest BCUT2D eigenvalue weighted by molar-refractivity contribution is 14.1. The molecule has 0 aromatic heterocycles. The maximum atomic E-state index is 13.6. The smallest absolute Gasteiger partial charge is 0.342 e. The fourth-order valence-electron chi connectivity index (χ4n) is 7.12. The van der Waals surface area contributed by atoms with Crippen LogP contribution in [0.1, 0.15) is 60.4 Å². The lowest BCUT2D eigenvalue weighted by Gasteiger charge is -2.30. The topological polar surface area (TPSA) is 153 Å². The Bertz CT molecular complexity index is 1550. The monoisotopic (exact) mass is 808 g/mol. The number of carbonyl (C=O) groups is 3. The van der Waals surface area contributed by atoms with E-state index in [9.17, 15) is 32.5 Å². The van der Waals surface area contributed by atoms with Crippen LogP contribution in [0.4, 0.5) is 0 Å². The SMILES string of the molecule is O=C(OC1C2CC3C1OC(=O)C3C2C(=O)Oc1ccc(S(=O)(=O)O)c(C2CCCCC2)c1)c1cc(I)cc(I)c1O. The molecule has 41 heavy (non-hydrogen) atoms. The second-order valence-electron chi connectivity index (χ2n) is 11.1. The molecule has 0 amide bonds. The van der Waals surface area contributed by atoms with Gasteiger partial charge in [-0.05, 0) is 106 Å². The number of halogens is 2. The number of esters is 3. The molecule has 1 aliphatic heterocycles. The minimum Gasteiger partial charge on any atom is -0.506 e. The summed E-state index contributed by atoms with van der Waals surface area (Å²) in [5.41, 5.74) is 0.391. The number of aromatic hydroxyl groups is 1. The van der Waals surface area contributed by atoms with Gasteiger partial charge in [0.1, 0.15) is 29.3 Å². The Morgan fingerprint density at radius 2 is 1.76 bits per heavy atom. The Hall–Kier alpha value is -1.98. The highest BCUT2D eigenvalue weighted by Gasteiger charge is 2.70. The van der Waals surface area contributed by atoms with Gasteiger partial charge in [0.25, 0.3) is 10.1 Å². The van der Waals surface area contributed by atoms with E-state index in [2.05, 4.69) is 0 Å². The van der Waals surface area contributed by atoms with Gasteiger partial charge in [-0.3, -0.25) is 14.1 Å². The molecule has 13 heteroatoms. The summed E-state index contributed by atoms with van der Waals surface area (Å²) in [7, 11) is -4.48. The van der Waals surface area contributed by atoms with E-state index >= 15 is 0 Å². The maximum Gasteiger partial charge on any atom is 0.342 e. The molecule has 1 saturated heterocycles. The van der Waals surface area contributed by atoms with Crippen LogP contribution in [0, 0.1) is 30.8 Å². The number of benzene rings is 2. The molecule has 6 unspecified atom stereocenters. The van der Waals surface area contributed by atoms with Crippen molar-refractivity contribution < 1.29 is 46.7 Å². The van der Waals surface area contributed by atoms with Crippen LogP contribution in [0.5, 0.6) is 11.5 Å². The predicted molar refractivity (Wildman–Crippen MR) is 159 cm³/mol. The number of ether oxygens (including phenoxy) is 3. The molecule has 10 nitrogen and oxygen atoms in total. The van der Waals surface area contributed by atoms with Crippen molar-refractivity contribution in [3.63, 3.8) is 0 Å². The lowest BCUT2D eigenvalue weighted by molar-refractivity contribution is -0.149. The lowest BCUT2D eigenvalue weighted by Crippen LogP contribution is -2.44. The van der Waals surface area contributed by atoms with Crippen molar-refractivity contribution in [2.75, 3.05) is 0 Å². The van der Waals surface area contributed by atoms with Crippen LogP contribution >= 0.6 is 45.2 Å². The first-order valence-electron chi connectivity index (χ1n) is 13.4. The summed E-state index contributed by atoms with van der Waals surface area (Å²) >= 11 is 3.95. The van der Waals surface area contributed by atoms with Gasteiger partial charge in [-0.2, -0.15) is 8.42 Å². The molecule has 3 aliphatic carbocycles. The van der Waals surface area contributed by atoms with Crippen molar-refractivity contribution in [1.82, 2.24) is 0 Å². The third-order valence-corrected chi connectivity index (χ3v) is 11.2. The number of phenolic OH excluding ortho intramolecular Hbond substituents is 1. The Morgan fingerprint density at radius 3 is 2.46 bits per heavy atom. The minimum atomic E-state index is -4.48. The zero-order valence-corrected chi connectivity index (χ0v) is 26.6. The molecule has 2 aromatic rings. The standard InChI is InChI=1S/C28H26I2O10S/c29-13-8-18(23(31)19(30)9-13)26(32)39-24-16-11-17-22(28(34)40-25(17)24)21(16)27(33)38-14-6-7-20(41(35,36)37)15(10-14)12-4-2-1-3-5-12/h6-10,12,16-17,21-22,24-25,31H,1-5,11H2,(H,35,36,37). The van der Waals surface area contributed by atoms with Gasteiger partial charge < -0.3 is 19.3 Å². The van der Waals surface area contributed by atoms with Gasteiger partial charge in [0, 0.05) is 15.4 Å². The molecular formula is C28H26I2O10S. The first kappa shape index (κ1) is 29.1. The summed E-state index contributed by atoms with van der Waals surface area (Å²) in [6.45, 7) is 0. The summed E-state index contributed by atoms with van der Waals surface area (Å²) in [6, 6.07) is 7.25. The number of phenols is 1. The van der Waals surface area contributed by atoms with Gasteiger partial charge in [0.15, 0.2) is 0 Å². The van der Waals surface area contributed by atoms with Gasteiger partial charge >= 0.3 is 17.9 Å². The molecule has 6 rings (SSSR count). The Morgan fingerprint density at radius 1 is 1.02 bits per heavy atom. The molecule has 218 valence electrons. The van der Waals surface area contributed by atoms with E-state index in [1.165, 1.54) is 24.3 Å². The van der Waals surface area contributed by atoms with Crippen LogP contribution in [-0.2, 0) is 29.2 Å². The van der Waals surface area contributed by atoms with Crippen LogP contribution in [0.25, 0.3) is 0 Å². The number of fused-ring (bicyclic) bond motifs is 1. The van der Waals surface area contributed by atoms with Crippen molar-refractivity contribution in [3.8, 4) is 11.5 Å². The lowest BCUT2D eigenvalue weighted by atomic mass is 9.78. The van der Waals surface area contributed by atoms with Gasteiger partial charge in [-0.1, -0.05) is 19.3 Å². The van der Waals surface area contributed by atoms with Gasteiger partial charge in [0.05, 0.1) is 20.3 Å². The molecule has 1 heterocycles. The van der Waals surface area contributed by atoms with E-state index < -0.39 is 58.0 Å². The van der Waals surface area contributed by atoms with Crippen LogP contribution < -0.4 is 4.74 Å². The molecule has 2 aromatic carbocycles. The Labute approximate surface area is 263 Å². The third kappa shape index (κ3) is 5.24. The van der Waals surface area contributed by atoms with Crippen molar-refractivity contribution in [3.05, 3.63) is 48.6 Å². The van der Waals surface area contributed by atoms with Crippen molar-refractivity contribution >= 4 is 73.2 Å². The van der Waals surface area contributed by atoms with Crippen LogP contribution in [0.2, 0.25) is 0 Å². The quantitative estimate of drug-likeness (QED) is 0.180. The van der Waals surface area contributed by atoms with E-state index in [1.807, 2.05) is 45.2 Å². The van der Waals surface area contributed by atoms with Crippen molar-refractivity contribution in [2.24, 2.45) is 23.7 Å². The molecule has 3 saturated carbocycles. The summed E-state index contributed by atoms with van der Waals surface area (Å²) in [4.78, 5) is 39.3. The molecule has 2 bridgehead atoms. The summed E-state index contributed by atoms with van der Waals surface area (Å²) in [5, 5.41) is 10.4. The van der Waals surface area contributed by atoms with E-state index in [1.54, 1.807) is 6.07 Å². The van der Waals surface area contributed by atoms with E-state index in [-0.39, 0.29) is 33.8 Å². The summed E-state index contributed by atoms with van der Waals surface area (Å²) < 4.78 is 52.3. The molecule has 0 radical (unpaired) electrons. The average molecular weight is 808 g/mol. The second-order valence-corrected chi connectivity index (χ2v) is 14.9. The molecule has 4 aliphatic rings. The maximum absolute atomic E-state index is 13.6. The predicted octanol–water partition coefficient (Wildman–Crippen LogP) is 4.83. The van der Waals surface area contributed by atoms with Gasteiger partial charge in [0.2, 0.25) is 0 Å². The molecular weight excluding hydrogens is 782 g/mol. The third-order valence-electron chi connectivity index (χ3n) is 8.83. The number of carbonyl (C=O) groups excluding carboxylic acids is 3. The molecule has 2 N–H and O–H groups in total. The van der Waals surface area contributed by atoms with Gasteiger partial charge in [-0.15, -0.1) is 0 Å². The zero-order chi connectivity index (χ0) is 29.2. The van der Waals surface area contributed by atoms with E-state index in [0.29, 0.717) is 15.6 Å². The minimum absolute atomic E-state index is 0.0155. The first-order chi connectivity index (χ1) is 19.4. The number of rotatable bonds is 6. The van der Waals surface area contributed by atoms with Gasteiger partial charge in [-0.25, -0.2) is 4.79 Å². The largest absolute Gasteiger partial charge is 0.506 e. The second kappa shape index (κ2) is 10.9. The highest BCUT2D eigenvalue weighted by Crippen LogP contribution is 2.59. The zero-order valence-electron chi connectivity index (χ0n) is 21.5. The fourth-order valence-corrected chi connectivity index (χ4v) is 9.73. The normalized spacial score (nSPS) is 28.9. The van der Waals surface area contributed by atoms with Crippen LogP contribution in [-0.4, -0.2) is 48.2 Å². The molecule has 0 spiro atoms. The Balaban J connectivity index is 1.26. The first-order valence-corrected chi connectivity index (χ1v) is 17.0. The molecule has 4 fully saturated rings. The summed E-state index contributed by atoms with van der Waals surface area (Å²) in [5.74, 6) is -4.70. The van der Waals surface area contributed by atoms with Crippen LogP contribution in [0.15, 0.2) is 35.2 Å². The Kier molecular flexibility index (Phi) is 7.77. The van der Waals surface area contributed by atoms with Crippen molar-refractivity contribution in [2.45, 2.75) is 61.5 Å². The number of hydrogen-bond acceptors (Lipinski definition) is 9. The number of hydrogen-bond donors (Lipinski definition) is 2. The average Bonchev–Trinajstić information content (AvgIpc) is 3.54. The molecule has 6 atom stereocenters. The fraction of sp³-hybridized carbons (Fsp3) is 0.464.